The quantitative estimate of drug-likeness (QED) is 0.702. The fraction of sp³-hybridized carbons (Fsp3) is 0.375. The number of ether oxygens (including phenoxy) is 1. The molecule has 2 rings (SSSR count). The number of esters is 1. The van der Waals surface area contributed by atoms with Gasteiger partial charge in [-0.05, 0) is 51.0 Å². The van der Waals surface area contributed by atoms with Crippen LogP contribution in [0.3, 0.4) is 0 Å². The molecule has 0 unspecified atom stereocenters. The molecule has 0 fully saturated rings. The van der Waals surface area contributed by atoms with E-state index in [0.29, 0.717) is 12.2 Å². The van der Waals surface area contributed by atoms with E-state index in [1.807, 2.05) is 51.1 Å². The molecule has 2 aromatic rings. The highest BCUT2D eigenvalue weighted by molar-refractivity contribution is 5.88. The Morgan fingerprint density at radius 2 is 1.57 bits per heavy atom. The molecule has 0 radical (unpaired) electrons. The van der Waals surface area contributed by atoms with Crippen molar-refractivity contribution < 1.29 is 19.1 Å². The van der Waals surface area contributed by atoms with Crippen molar-refractivity contribution in [3.8, 4) is 0 Å². The minimum Gasteiger partial charge on any atom is -0.452 e. The fourth-order valence-corrected chi connectivity index (χ4v) is 3.00. The first-order valence-corrected chi connectivity index (χ1v) is 9.97. The Bertz CT molecular complexity index is 870. The summed E-state index contributed by atoms with van der Waals surface area (Å²) in [5, 5.41) is 2.67. The van der Waals surface area contributed by atoms with Gasteiger partial charge >= 0.3 is 5.97 Å². The monoisotopic (exact) mass is 410 g/mol. The zero-order valence-corrected chi connectivity index (χ0v) is 18.3. The lowest BCUT2D eigenvalue weighted by Gasteiger charge is -2.37. The summed E-state index contributed by atoms with van der Waals surface area (Å²) in [6, 6.07) is 16.7. The first-order valence-electron chi connectivity index (χ1n) is 9.97. The number of nitrogens with one attached hydrogen (secondary N) is 1. The summed E-state index contributed by atoms with van der Waals surface area (Å²) in [7, 11) is 0. The van der Waals surface area contributed by atoms with Crippen molar-refractivity contribution in [3.63, 3.8) is 0 Å². The first kappa shape index (κ1) is 23.1. The van der Waals surface area contributed by atoms with Crippen molar-refractivity contribution in [2.45, 2.75) is 59.2 Å². The van der Waals surface area contributed by atoms with Crippen molar-refractivity contribution in [1.29, 1.82) is 0 Å². The molecule has 160 valence electrons. The second-order valence-corrected chi connectivity index (χ2v) is 8.27. The molecule has 1 atom stereocenters. The lowest BCUT2D eigenvalue weighted by atomic mass is 10.0. The summed E-state index contributed by atoms with van der Waals surface area (Å²) >= 11 is 0. The minimum absolute atomic E-state index is 0.0478. The van der Waals surface area contributed by atoms with E-state index < -0.39 is 17.6 Å². The summed E-state index contributed by atoms with van der Waals surface area (Å²) in [4.78, 5) is 38.2. The molecule has 0 aromatic heterocycles. The van der Waals surface area contributed by atoms with Gasteiger partial charge in [0.2, 0.25) is 5.91 Å². The van der Waals surface area contributed by atoms with Gasteiger partial charge in [-0.15, -0.1) is 0 Å². The van der Waals surface area contributed by atoms with Crippen LogP contribution < -0.4 is 5.32 Å². The minimum atomic E-state index is -0.890. The van der Waals surface area contributed by atoms with E-state index in [9.17, 15) is 14.4 Å². The van der Waals surface area contributed by atoms with Crippen LogP contribution in [0, 0.1) is 0 Å². The molecule has 0 bridgehead atoms. The Kier molecular flexibility index (Phi) is 7.75. The Morgan fingerprint density at radius 1 is 0.967 bits per heavy atom. The van der Waals surface area contributed by atoms with Crippen LogP contribution in [0.1, 0.15) is 45.7 Å². The molecule has 6 heteroatoms. The lowest BCUT2D eigenvalue weighted by Crippen LogP contribution is -2.49. The number of nitrogens with zero attached hydrogens (tertiary/aromatic N) is 1. The Balaban J connectivity index is 1.99. The lowest BCUT2D eigenvalue weighted by molar-refractivity contribution is -0.161. The molecule has 0 aliphatic rings. The van der Waals surface area contributed by atoms with Crippen LogP contribution in [-0.2, 0) is 32.1 Å². The van der Waals surface area contributed by atoms with Gasteiger partial charge in [0.05, 0.1) is 6.42 Å². The molecule has 0 aliphatic carbocycles. The Morgan fingerprint density at radius 3 is 2.10 bits per heavy atom. The van der Waals surface area contributed by atoms with Gasteiger partial charge in [0, 0.05) is 24.7 Å². The van der Waals surface area contributed by atoms with Crippen LogP contribution >= 0.6 is 0 Å². The molecule has 0 saturated heterocycles. The molecule has 30 heavy (non-hydrogen) atoms. The van der Waals surface area contributed by atoms with Gasteiger partial charge in [-0.2, -0.15) is 0 Å². The number of hydrogen-bond acceptors (Lipinski definition) is 4. The standard InChI is InChI=1S/C24H30N2O4/c1-17(23(29)26(24(3,4)5)16-20-9-7-6-8-10-20)30-22(28)15-19-11-13-21(14-12-19)25-18(2)27/h6-14,17H,15-16H2,1-5H3,(H,25,27)/t17-/m1/s1. The summed E-state index contributed by atoms with van der Waals surface area (Å²) in [5.41, 5.74) is 1.99. The smallest absolute Gasteiger partial charge is 0.311 e. The molecule has 6 nitrogen and oxygen atoms in total. The maximum atomic E-state index is 13.0. The maximum absolute atomic E-state index is 13.0. The highest BCUT2D eigenvalue weighted by atomic mass is 16.5. The number of anilines is 1. The third-order valence-electron chi connectivity index (χ3n) is 4.54. The van der Waals surface area contributed by atoms with Gasteiger partial charge in [0.1, 0.15) is 0 Å². The Hall–Kier alpha value is -3.15. The summed E-state index contributed by atoms with van der Waals surface area (Å²) in [6.07, 6.45) is -0.842. The molecule has 2 aromatic carbocycles. The predicted molar refractivity (Wildman–Crippen MR) is 117 cm³/mol. The number of carbonyl (C=O) groups is 3. The SMILES string of the molecule is CC(=O)Nc1ccc(CC(=O)O[C@H](C)C(=O)N(Cc2ccccc2)C(C)(C)C)cc1. The zero-order valence-electron chi connectivity index (χ0n) is 18.3. The van der Waals surface area contributed by atoms with Gasteiger partial charge < -0.3 is 15.0 Å². The molecule has 2 amide bonds. The molecule has 0 aliphatic heterocycles. The van der Waals surface area contributed by atoms with Crippen molar-refractivity contribution in [1.82, 2.24) is 4.90 Å². The van der Waals surface area contributed by atoms with E-state index in [0.717, 1.165) is 11.1 Å². The van der Waals surface area contributed by atoms with E-state index in [-0.39, 0.29) is 18.2 Å². The van der Waals surface area contributed by atoms with E-state index in [4.69, 9.17) is 4.74 Å². The summed E-state index contributed by atoms with van der Waals surface area (Å²) in [6.45, 7) is 9.35. The second kappa shape index (κ2) is 10.1. The van der Waals surface area contributed by atoms with Crippen LogP contribution in [0.15, 0.2) is 54.6 Å². The third kappa shape index (κ3) is 7.03. The molecular weight excluding hydrogens is 380 g/mol. The summed E-state index contributed by atoms with van der Waals surface area (Å²) in [5.74, 6) is -0.870. The molecular formula is C24H30N2O4. The summed E-state index contributed by atoms with van der Waals surface area (Å²) < 4.78 is 5.42. The van der Waals surface area contributed by atoms with E-state index in [1.165, 1.54) is 6.92 Å². The van der Waals surface area contributed by atoms with Gasteiger partial charge in [-0.25, -0.2) is 0 Å². The Labute approximate surface area is 178 Å². The number of carbonyl (C=O) groups excluding carboxylic acids is 3. The number of hydrogen-bond donors (Lipinski definition) is 1. The highest BCUT2D eigenvalue weighted by Crippen LogP contribution is 2.20. The molecule has 0 spiro atoms. The fourth-order valence-electron chi connectivity index (χ4n) is 3.00. The number of benzene rings is 2. The van der Waals surface area contributed by atoms with Crippen LogP contribution in [0.4, 0.5) is 5.69 Å². The maximum Gasteiger partial charge on any atom is 0.311 e. The van der Waals surface area contributed by atoms with Crippen molar-refractivity contribution >= 4 is 23.5 Å². The molecule has 0 saturated carbocycles. The van der Waals surface area contributed by atoms with Crippen molar-refractivity contribution in [2.24, 2.45) is 0 Å². The normalized spacial score (nSPS) is 12.0. The average molecular weight is 411 g/mol. The van der Waals surface area contributed by atoms with Crippen LogP contribution in [0.25, 0.3) is 0 Å². The molecule has 0 heterocycles. The molecule has 1 N–H and O–H groups in total. The van der Waals surface area contributed by atoms with Crippen molar-refractivity contribution in [3.05, 3.63) is 65.7 Å². The van der Waals surface area contributed by atoms with Crippen LogP contribution in [0.2, 0.25) is 0 Å². The van der Waals surface area contributed by atoms with E-state index in [1.54, 1.807) is 36.1 Å². The average Bonchev–Trinajstić information content (AvgIpc) is 2.66. The largest absolute Gasteiger partial charge is 0.452 e. The second-order valence-electron chi connectivity index (χ2n) is 8.27. The van der Waals surface area contributed by atoms with Crippen LogP contribution in [0.5, 0.6) is 0 Å². The highest BCUT2D eigenvalue weighted by Gasteiger charge is 2.31. The number of rotatable bonds is 7. The van der Waals surface area contributed by atoms with Crippen LogP contribution in [-0.4, -0.2) is 34.3 Å². The van der Waals surface area contributed by atoms with E-state index in [2.05, 4.69) is 5.32 Å². The predicted octanol–water partition coefficient (Wildman–Crippen LogP) is 3.95. The van der Waals surface area contributed by atoms with Crippen molar-refractivity contribution in [2.75, 3.05) is 5.32 Å². The number of amides is 2. The van der Waals surface area contributed by atoms with Gasteiger partial charge in [0.15, 0.2) is 6.10 Å². The van der Waals surface area contributed by atoms with Gasteiger partial charge in [-0.3, -0.25) is 14.4 Å². The van der Waals surface area contributed by atoms with Gasteiger partial charge in [-0.1, -0.05) is 42.5 Å². The zero-order chi connectivity index (χ0) is 22.3. The first-order chi connectivity index (χ1) is 14.1. The van der Waals surface area contributed by atoms with E-state index >= 15 is 0 Å². The third-order valence-corrected chi connectivity index (χ3v) is 4.54. The van der Waals surface area contributed by atoms with Gasteiger partial charge in [0.25, 0.3) is 5.91 Å². The topological polar surface area (TPSA) is 75.7 Å².